The molecule has 0 saturated carbocycles. The molecule has 0 aliphatic rings. The predicted octanol–water partition coefficient (Wildman–Crippen LogP) is 3.67. The van der Waals surface area contributed by atoms with Gasteiger partial charge in [0, 0.05) is 5.69 Å². The molecular formula is C17H16ClF3N2O4S. The molecule has 2 aromatic rings. The lowest BCUT2D eigenvalue weighted by Gasteiger charge is -2.16. The number of carbonyl (C=O) groups is 1. The van der Waals surface area contributed by atoms with Crippen molar-refractivity contribution in [1.82, 2.24) is 4.72 Å². The minimum atomic E-state index is -4.57. The molecule has 0 saturated heterocycles. The fourth-order valence-corrected chi connectivity index (χ4v) is 3.74. The van der Waals surface area contributed by atoms with Gasteiger partial charge < -0.3 is 10.1 Å². The van der Waals surface area contributed by atoms with E-state index in [-0.39, 0.29) is 21.4 Å². The van der Waals surface area contributed by atoms with E-state index in [4.69, 9.17) is 16.3 Å². The smallest absolute Gasteiger partial charge is 0.416 e. The standard InChI is InChI=1S/C17H16ClF3N2O4S/c1-10(16(24)22-12-5-3-4-11(8-12)17(19,20)21)23-28(25,26)13-6-7-15(27-2)14(18)9-13/h3-10,23H,1-2H3,(H,22,24)/t10-/m0/s1. The third-order valence-corrected chi connectivity index (χ3v) is 5.45. The monoisotopic (exact) mass is 436 g/mol. The van der Waals surface area contributed by atoms with E-state index < -0.39 is 33.7 Å². The van der Waals surface area contributed by atoms with Crippen molar-refractivity contribution in [3.63, 3.8) is 0 Å². The van der Waals surface area contributed by atoms with Gasteiger partial charge in [-0.2, -0.15) is 17.9 Å². The van der Waals surface area contributed by atoms with Crippen molar-refractivity contribution >= 4 is 33.2 Å². The predicted molar refractivity (Wildman–Crippen MR) is 97.9 cm³/mol. The lowest BCUT2D eigenvalue weighted by atomic mass is 10.2. The van der Waals surface area contributed by atoms with Gasteiger partial charge in [-0.15, -0.1) is 0 Å². The SMILES string of the molecule is COc1ccc(S(=O)(=O)N[C@@H](C)C(=O)Nc2cccc(C(F)(F)F)c2)cc1Cl. The number of ether oxygens (including phenoxy) is 1. The molecule has 11 heteroatoms. The van der Waals surface area contributed by atoms with Crippen LogP contribution in [-0.2, 0) is 21.0 Å². The highest BCUT2D eigenvalue weighted by molar-refractivity contribution is 7.89. The summed E-state index contributed by atoms with van der Waals surface area (Å²) in [4.78, 5) is 12.0. The van der Waals surface area contributed by atoms with Gasteiger partial charge in [-0.25, -0.2) is 8.42 Å². The van der Waals surface area contributed by atoms with Crippen LogP contribution >= 0.6 is 11.6 Å². The van der Waals surface area contributed by atoms with E-state index in [1.807, 2.05) is 0 Å². The maximum absolute atomic E-state index is 12.7. The van der Waals surface area contributed by atoms with Crippen LogP contribution < -0.4 is 14.8 Å². The van der Waals surface area contributed by atoms with Crippen LogP contribution in [0.25, 0.3) is 0 Å². The van der Waals surface area contributed by atoms with E-state index in [1.54, 1.807) is 0 Å². The fraction of sp³-hybridized carbons (Fsp3) is 0.235. The highest BCUT2D eigenvalue weighted by Gasteiger charge is 2.30. The van der Waals surface area contributed by atoms with Crippen molar-refractivity contribution in [2.45, 2.75) is 24.0 Å². The highest BCUT2D eigenvalue weighted by atomic mass is 35.5. The lowest BCUT2D eigenvalue weighted by molar-refractivity contribution is -0.137. The third kappa shape index (κ3) is 5.37. The van der Waals surface area contributed by atoms with Gasteiger partial charge in [0.05, 0.1) is 28.6 Å². The fourth-order valence-electron chi connectivity index (χ4n) is 2.19. The van der Waals surface area contributed by atoms with Gasteiger partial charge in [-0.3, -0.25) is 4.79 Å². The van der Waals surface area contributed by atoms with Gasteiger partial charge >= 0.3 is 6.18 Å². The molecule has 1 atom stereocenters. The van der Waals surface area contributed by atoms with Gasteiger partial charge in [0.2, 0.25) is 15.9 Å². The summed E-state index contributed by atoms with van der Waals surface area (Å²) < 4.78 is 70.1. The molecule has 0 unspecified atom stereocenters. The van der Waals surface area contributed by atoms with Crippen molar-refractivity contribution < 1.29 is 31.1 Å². The molecule has 0 spiro atoms. The van der Waals surface area contributed by atoms with Gasteiger partial charge in [0.25, 0.3) is 0 Å². The number of rotatable bonds is 6. The minimum Gasteiger partial charge on any atom is -0.495 e. The summed E-state index contributed by atoms with van der Waals surface area (Å²) in [5.41, 5.74) is -1.05. The van der Waals surface area contributed by atoms with Gasteiger partial charge in [0.15, 0.2) is 0 Å². The molecule has 2 rings (SSSR count). The number of halogens is 4. The maximum atomic E-state index is 12.7. The third-order valence-electron chi connectivity index (χ3n) is 3.62. The topological polar surface area (TPSA) is 84.5 Å². The first-order valence-corrected chi connectivity index (χ1v) is 9.64. The zero-order valence-corrected chi connectivity index (χ0v) is 16.2. The van der Waals surface area contributed by atoms with Crippen molar-refractivity contribution in [1.29, 1.82) is 0 Å². The Morgan fingerprint density at radius 2 is 1.86 bits per heavy atom. The Hall–Kier alpha value is -2.30. The molecule has 28 heavy (non-hydrogen) atoms. The van der Waals surface area contributed by atoms with E-state index >= 15 is 0 Å². The molecule has 0 fully saturated rings. The van der Waals surface area contributed by atoms with E-state index in [2.05, 4.69) is 10.0 Å². The van der Waals surface area contributed by atoms with Gasteiger partial charge in [-0.05, 0) is 43.3 Å². The second kappa shape index (κ2) is 8.38. The summed E-state index contributed by atoms with van der Waals surface area (Å²) in [5, 5.41) is 2.31. The Labute approximate surface area is 164 Å². The van der Waals surface area contributed by atoms with Crippen LogP contribution in [0.2, 0.25) is 5.02 Å². The van der Waals surface area contributed by atoms with Crippen molar-refractivity contribution in [2.24, 2.45) is 0 Å². The number of methoxy groups -OCH3 is 1. The Bertz CT molecular complexity index is 981. The van der Waals surface area contributed by atoms with Crippen LogP contribution in [0.4, 0.5) is 18.9 Å². The quantitative estimate of drug-likeness (QED) is 0.723. The van der Waals surface area contributed by atoms with Crippen LogP contribution in [0.15, 0.2) is 47.4 Å². The summed E-state index contributed by atoms with van der Waals surface area (Å²) in [6.45, 7) is 1.26. The number of alkyl halides is 3. The normalized spacial score (nSPS) is 13.1. The van der Waals surface area contributed by atoms with E-state index in [0.29, 0.717) is 0 Å². The van der Waals surface area contributed by atoms with E-state index in [0.717, 1.165) is 24.3 Å². The molecule has 2 aromatic carbocycles. The largest absolute Gasteiger partial charge is 0.495 e. The highest BCUT2D eigenvalue weighted by Crippen LogP contribution is 2.31. The van der Waals surface area contributed by atoms with Gasteiger partial charge in [0.1, 0.15) is 5.75 Å². The Balaban J connectivity index is 2.12. The Morgan fingerprint density at radius 1 is 1.18 bits per heavy atom. The van der Waals surface area contributed by atoms with E-state index in [9.17, 15) is 26.4 Å². The number of amides is 1. The Kier molecular flexibility index (Phi) is 6.58. The van der Waals surface area contributed by atoms with Gasteiger partial charge in [-0.1, -0.05) is 17.7 Å². The molecule has 0 heterocycles. The minimum absolute atomic E-state index is 0.0615. The molecule has 0 aromatic heterocycles. The molecule has 0 radical (unpaired) electrons. The number of carbonyl (C=O) groups excluding carboxylic acids is 1. The first-order chi connectivity index (χ1) is 12.9. The number of hydrogen-bond acceptors (Lipinski definition) is 4. The zero-order valence-electron chi connectivity index (χ0n) is 14.7. The second-order valence-corrected chi connectivity index (χ2v) is 7.83. The molecular weight excluding hydrogens is 421 g/mol. The van der Waals surface area contributed by atoms with Crippen LogP contribution in [-0.4, -0.2) is 27.5 Å². The summed E-state index contributed by atoms with van der Waals surface area (Å²) >= 11 is 5.91. The first-order valence-electron chi connectivity index (χ1n) is 7.78. The molecule has 2 N–H and O–H groups in total. The van der Waals surface area contributed by atoms with Crippen LogP contribution in [0.3, 0.4) is 0 Å². The van der Waals surface area contributed by atoms with Crippen LogP contribution in [0, 0.1) is 0 Å². The van der Waals surface area contributed by atoms with Crippen molar-refractivity contribution in [3.05, 3.63) is 53.1 Å². The van der Waals surface area contributed by atoms with Crippen LogP contribution in [0.5, 0.6) is 5.75 Å². The molecule has 152 valence electrons. The molecule has 6 nitrogen and oxygen atoms in total. The zero-order chi connectivity index (χ0) is 21.1. The molecule has 0 aliphatic heterocycles. The molecule has 1 amide bonds. The Morgan fingerprint density at radius 3 is 2.43 bits per heavy atom. The number of benzene rings is 2. The maximum Gasteiger partial charge on any atom is 0.416 e. The lowest BCUT2D eigenvalue weighted by Crippen LogP contribution is -2.41. The first kappa shape index (κ1) is 22.0. The number of sulfonamides is 1. The summed E-state index contributed by atoms with van der Waals surface area (Å²) in [7, 11) is -2.74. The molecule has 0 bridgehead atoms. The summed E-state index contributed by atoms with van der Waals surface area (Å²) in [6, 6.07) is 6.48. The van der Waals surface area contributed by atoms with Crippen molar-refractivity contribution in [3.8, 4) is 5.75 Å². The number of anilines is 1. The number of hydrogen-bond donors (Lipinski definition) is 2. The number of nitrogens with one attached hydrogen (secondary N) is 2. The summed E-state index contributed by atoms with van der Waals surface area (Å²) in [5.74, 6) is -0.557. The van der Waals surface area contributed by atoms with Crippen LogP contribution in [0.1, 0.15) is 12.5 Å². The van der Waals surface area contributed by atoms with E-state index in [1.165, 1.54) is 32.2 Å². The second-order valence-electron chi connectivity index (χ2n) is 5.71. The average Bonchev–Trinajstić information content (AvgIpc) is 2.60. The summed E-state index contributed by atoms with van der Waals surface area (Å²) in [6.07, 6.45) is -4.57. The molecule has 0 aliphatic carbocycles. The van der Waals surface area contributed by atoms with Crippen molar-refractivity contribution in [2.75, 3.05) is 12.4 Å². The average molecular weight is 437 g/mol.